The molecule has 4 nitrogen and oxygen atoms in total. The summed E-state index contributed by atoms with van der Waals surface area (Å²) in [4.78, 5) is 12.7. The summed E-state index contributed by atoms with van der Waals surface area (Å²) in [5.74, 6) is -0.168. The number of anilines is 1. The number of carbonyl (C=O) groups is 1. The molecular formula is C15H24N2O2S. The lowest BCUT2D eigenvalue weighted by Gasteiger charge is -2.17. The molecule has 0 spiro atoms. The molecule has 0 fully saturated rings. The number of nitrogen functional groups attached to an aromatic ring is 1. The average molecular weight is 296 g/mol. The van der Waals surface area contributed by atoms with E-state index in [2.05, 4.69) is 12.2 Å². The predicted octanol–water partition coefficient (Wildman–Crippen LogP) is 2.38. The van der Waals surface area contributed by atoms with Gasteiger partial charge in [0.15, 0.2) is 0 Å². The van der Waals surface area contributed by atoms with Crippen molar-refractivity contribution in [3.8, 4) is 0 Å². The Kier molecular flexibility index (Phi) is 6.20. The molecule has 112 valence electrons. The molecule has 3 N–H and O–H groups in total. The number of benzene rings is 1. The van der Waals surface area contributed by atoms with Crippen LogP contribution in [0.2, 0.25) is 0 Å². The van der Waals surface area contributed by atoms with Crippen LogP contribution in [0.25, 0.3) is 0 Å². The third-order valence-corrected chi connectivity index (χ3v) is 4.85. The molecule has 1 aromatic rings. The molecule has 0 bridgehead atoms. The second kappa shape index (κ2) is 7.43. The first-order valence-corrected chi connectivity index (χ1v) is 8.15. The van der Waals surface area contributed by atoms with E-state index in [9.17, 15) is 9.00 Å². The predicted molar refractivity (Wildman–Crippen MR) is 84.0 cm³/mol. The maximum absolute atomic E-state index is 12.4. The van der Waals surface area contributed by atoms with E-state index in [0.717, 1.165) is 18.4 Å². The van der Waals surface area contributed by atoms with Gasteiger partial charge in [-0.2, -0.15) is 0 Å². The molecule has 0 aliphatic carbocycles. The van der Waals surface area contributed by atoms with Gasteiger partial charge in [0.1, 0.15) is 5.25 Å². The summed E-state index contributed by atoms with van der Waals surface area (Å²) in [5, 5.41) is 2.33. The van der Waals surface area contributed by atoms with E-state index in [1.807, 2.05) is 13.8 Å². The summed E-state index contributed by atoms with van der Waals surface area (Å²) in [6, 6.07) is 5.34. The number of hydrogen-bond donors (Lipinski definition) is 2. The lowest BCUT2D eigenvalue weighted by Crippen LogP contribution is -2.40. The van der Waals surface area contributed by atoms with Gasteiger partial charge >= 0.3 is 0 Å². The fourth-order valence-electron chi connectivity index (χ4n) is 1.94. The van der Waals surface area contributed by atoms with Crippen molar-refractivity contribution in [2.75, 3.05) is 5.73 Å². The first-order valence-electron chi connectivity index (χ1n) is 6.93. The summed E-state index contributed by atoms with van der Waals surface area (Å²) >= 11 is 0. The molecule has 3 unspecified atom stereocenters. The number of carbonyl (C=O) groups excluding carboxylic acids is 1. The van der Waals surface area contributed by atoms with Crippen LogP contribution in [0.3, 0.4) is 0 Å². The molecule has 5 heteroatoms. The average Bonchev–Trinajstić information content (AvgIpc) is 2.40. The van der Waals surface area contributed by atoms with Crippen molar-refractivity contribution in [1.29, 1.82) is 0 Å². The molecule has 0 aliphatic rings. The minimum absolute atomic E-state index is 0.111. The zero-order chi connectivity index (χ0) is 15.3. The van der Waals surface area contributed by atoms with Gasteiger partial charge in [-0.1, -0.05) is 13.3 Å². The number of aryl methyl sites for hydroxylation is 1. The van der Waals surface area contributed by atoms with Gasteiger partial charge in [0, 0.05) is 16.6 Å². The van der Waals surface area contributed by atoms with E-state index in [4.69, 9.17) is 5.73 Å². The van der Waals surface area contributed by atoms with Crippen LogP contribution < -0.4 is 11.1 Å². The minimum atomic E-state index is -1.36. The van der Waals surface area contributed by atoms with Crippen LogP contribution in [-0.4, -0.2) is 21.4 Å². The normalized spacial score (nSPS) is 15.4. The smallest absolute Gasteiger partial charge is 0.236 e. The maximum Gasteiger partial charge on any atom is 0.236 e. The van der Waals surface area contributed by atoms with Gasteiger partial charge in [-0.15, -0.1) is 0 Å². The first-order chi connectivity index (χ1) is 9.36. The zero-order valence-corrected chi connectivity index (χ0v) is 13.4. The lowest BCUT2D eigenvalue weighted by molar-refractivity contribution is -0.121. The van der Waals surface area contributed by atoms with E-state index in [1.54, 1.807) is 25.1 Å². The molecule has 0 aliphatic heterocycles. The number of hydrogen-bond acceptors (Lipinski definition) is 3. The van der Waals surface area contributed by atoms with E-state index in [1.165, 1.54) is 0 Å². The lowest BCUT2D eigenvalue weighted by atomic mass is 10.2. The molecule has 0 radical (unpaired) electrons. The van der Waals surface area contributed by atoms with Gasteiger partial charge in [0.05, 0.1) is 10.8 Å². The Hall–Kier alpha value is -1.36. The molecule has 1 amide bonds. The highest BCUT2D eigenvalue weighted by molar-refractivity contribution is 7.86. The van der Waals surface area contributed by atoms with Gasteiger partial charge < -0.3 is 11.1 Å². The van der Waals surface area contributed by atoms with Gasteiger partial charge in [-0.3, -0.25) is 9.00 Å². The van der Waals surface area contributed by atoms with E-state index in [0.29, 0.717) is 10.6 Å². The summed E-state index contributed by atoms with van der Waals surface area (Å²) in [7, 11) is -1.36. The van der Waals surface area contributed by atoms with Crippen LogP contribution in [0.15, 0.2) is 23.1 Å². The van der Waals surface area contributed by atoms with Gasteiger partial charge in [-0.25, -0.2) is 0 Å². The van der Waals surface area contributed by atoms with Crippen molar-refractivity contribution in [2.45, 2.75) is 56.7 Å². The topological polar surface area (TPSA) is 72.2 Å². The van der Waals surface area contributed by atoms with Gasteiger partial charge in [0.2, 0.25) is 5.91 Å². The minimum Gasteiger partial charge on any atom is -0.399 e. The van der Waals surface area contributed by atoms with Crippen molar-refractivity contribution >= 4 is 22.4 Å². The zero-order valence-electron chi connectivity index (χ0n) is 12.6. The van der Waals surface area contributed by atoms with Crippen molar-refractivity contribution in [1.82, 2.24) is 5.32 Å². The second-order valence-electron chi connectivity index (χ2n) is 5.16. The Morgan fingerprint density at radius 1 is 1.40 bits per heavy atom. The quantitative estimate of drug-likeness (QED) is 0.792. The Morgan fingerprint density at radius 2 is 2.05 bits per heavy atom. The highest BCUT2D eigenvalue weighted by atomic mass is 32.2. The Bertz CT molecular complexity index is 503. The van der Waals surface area contributed by atoms with Crippen molar-refractivity contribution in [3.05, 3.63) is 23.8 Å². The summed E-state index contributed by atoms with van der Waals surface area (Å²) in [5.41, 5.74) is 7.29. The van der Waals surface area contributed by atoms with Crippen molar-refractivity contribution < 1.29 is 9.00 Å². The standard InChI is InChI=1S/C15H24N2O2S/c1-5-6-11(3)17-15(18)12(4)20(19)13-7-8-14(16)10(2)9-13/h7-9,11-12H,5-6,16H2,1-4H3,(H,17,18). The van der Waals surface area contributed by atoms with Crippen LogP contribution in [0.1, 0.15) is 39.2 Å². The molecule has 20 heavy (non-hydrogen) atoms. The van der Waals surface area contributed by atoms with Gasteiger partial charge in [0.25, 0.3) is 0 Å². The monoisotopic (exact) mass is 296 g/mol. The summed E-state index contributed by atoms with van der Waals surface area (Å²) in [6.07, 6.45) is 1.93. The highest BCUT2D eigenvalue weighted by Gasteiger charge is 2.22. The van der Waals surface area contributed by atoms with Gasteiger partial charge in [-0.05, 0) is 51.0 Å². The molecule has 1 aromatic carbocycles. The fraction of sp³-hybridized carbons (Fsp3) is 0.533. The summed E-state index contributed by atoms with van der Waals surface area (Å²) in [6.45, 7) is 7.59. The van der Waals surface area contributed by atoms with Crippen LogP contribution in [0.4, 0.5) is 5.69 Å². The van der Waals surface area contributed by atoms with E-state index < -0.39 is 16.0 Å². The van der Waals surface area contributed by atoms with Crippen LogP contribution in [0.5, 0.6) is 0 Å². The van der Waals surface area contributed by atoms with Crippen LogP contribution in [-0.2, 0) is 15.6 Å². The fourth-order valence-corrected chi connectivity index (χ4v) is 3.11. The SMILES string of the molecule is CCCC(C)NC(=O)C(C)S(=O)c1ccc(N)c(C)c1. The molecule has 0 aromatic heterocycles. The molecule has 0 heterocycles. The third-order valence-electron chi connectivity index (χ3n) is 3.27. The molecule has 0 saturated heterocycles. The largest absolute Gasteiger partial charge is 0.399 e. The number of rotatable bonds is 6. The number of nitrogens with two attached hydrogens (primary N) is 1. The van der Waals surface area contributed by atoms with Crippen LogP contribution >= 0.6 is 0 Å². The first kappa shape index (κ1) is 16.7. The maximum atomic E-state index is 12.4. The Labute approximate surface area is 123 Å². The Morgan fingerprint density at radius 3 is 2.60 bits per heavy atom. The molecular weight excluding hydrogens is 272 g/mol. The van der Waals surface area contributed by atoms with E-state index >= 15 is 0 Å². The summed E-state index contributed by atoms with van der Waals surface area (Å²) < 4.78 is 12.4. The van der Waals surface area contributed by atoms with Crippen LogP contribution in [0, 0.1) is 6.92 Å². The Balaban J connectivity index is 2.75. The number of amides is 1. The number of nitrogens with one attached hydrogen (secondary N) is 1. The van der Waals surface area contributed by atoms with Crippen molar-refractivity contribution in [3.63, 3.8) is 0 Å². The molecule has 3 atom stereocenters. The second-order valence-corrected chi connectivity index (χ2v) is 6.93. The molecule has 0 saturated carbocycles. The highest BCUT2D eigenvalue weighted by Crippen LogP contribution is 2.18. The molecule has 1 rings (SSSR count). The van der Waals surface area contributed by atoms with Crippen molar-refractivity contribution in [2.24, 2.45) is 0 Å². The third kappa shape index (κ3) is 4.34. The van der Waals surface area contributed by atoms with E-state index in [-0.39, 0.29) is 11.9 Å².